The standard InChI is InChI=1S/C13H22O2/c1-10(2)12(14)11-5-8-15-9-13(11)6-3-4-7-13/h10-11H,3-9H2,1-2H3. The molecule has 2 aliphatic rings. The van der Waals surface area contributed by atoms with Crippen molar-refractivity contribution in [2.24, 2.45) is 17.3 Å². The van der Waals surface area contributed by atoms with Gasteiger partial charge in [-0.3, -0.25) is 4.79 Å². The van der Waals surface area contributed by atoms with Crippen molar-refractivity contribution in [2.75, 3.05) is 13.2 Å². The lowest BCUT2D eigenvalue weighted by atomic mass is 9.68. The first-order chi connectivity index (χ1) is 7.16. The van der Waals surface area contributed by atoms with Crippen LogP contribution < -0.4 is 0 Å². The van der Waals surface area contributed by atoms with Crippen LogP contribution in [0.3, 0.4) is 0 Å². The highest BCUT2D eigenvalue weighted by atomic mass is 16.5. The zero-order valence-electron chi connectivity index (χ0n) is 9.92. The van der Waals surface area contributed by atoms with E-state index in [0.29, 0.717) is 5.78 Å². The van der Waals surface area contributed by atoms with E-state index in [2.05, 4.69) is 0 Å². The maximum absolute atomic E-state index is 12.2. The van der Waals surface area contributed by atoms with Crippen LogP contribution in [0.25, 0.3) is 0 Å². The van der Waals surface area contributed by atoms with Crippen LogP contribution in [-0.4, -0.2) is 19.0 Å². The Bertz CT molecular complexity index is 239. The molecule has 2 fully saturated rings. The van der Waals surface area contributed by atoms with E-state index in [1.54, 1.807) is 0 Å². The van der Waals surface area contributed by atoms with E-state index in [-0.39, 0.29) is 17.3 Å². The van der Waals surface area contributed by atoms with Gasteiger partial charge in [-0.2, -0.15) is 0 Å². The topological polar surface area (TPSA) is 26.3 Å². The molecule has 0 aromatic rings. The highest BCUT2D eigenvalue weighted by molar-refractivity contribution is 5.83. The first-order valence-electron chi connectivity index (χ1n) is 6.27. The van der Waals surface area contributed by atoms with Gasteiger partial charge in [0.15, 0.2) is 0 Å². The maximum Gasteiger partial charge on any atom is 0.139 e. The molecule has 0 N–H and O–H groups in total. The van der Waals surface area contributed by atoms with Gasteiger partial charge in [0.2, 0.25) is 0 Å². The zero-order valence-corrected chi connectivity index (χ0v) is 9.92. The average Bonchev–Trinajstić information content (AvgIpc) is 2.67. The summed E-state index contributed by atoms with van der Waals surface area (Å²) in [5.41, 5.74) is 0.222. The Balaban J connectivity index is 2.15. The van der Waals surface area contributed by atoms with Crippen LogP contribution in [-0.2, 0) is 9.53 Å². The number of carbonyl (C=O) groups excluding carboxylic acids is 1. The molecule has 0 aromatic heterocycles. The van der Waals surface area contributed by atoms with E-state index in [1.807, 2.05) is 13.8 Å². The summed E-state index contributed by atoms with van der Waals surface area (Å²) < 4.78 is 5.62. The van der Waals surface area contributed by atoms with Crippen molar-refractivity contribution in [3.63, 3.8) is 0 Å². The average molecular weight is 210 g/mol. The van der Waals surface area contributed by atoms with Crippen molar-refractivity contribution in [3.05, 3.63) is 0 Å². The van der Waals surface area contributed by atoms with E-state index in [0.717, 1.165) is 19.6 Å². The second-order valence-electron chi connectivity index (χ2n) is 5.52. The highest BCUT2D eigenvalue weighted by Gasteiger charge is 2.46. The molecular formula is C13H22O2. The Morgan fingerprint density at radius 1 is 1.33 bits per heavy atom. The number of rotatable bonds is 2. The van der Waals surface area contributed by atoms with Gasteiger partial charge in [0.25, 0.3) is 0 Å². The van der Waals surface area contributed by atoms with E-state index in [4.69, 9.17) is 4.74 Å². The first kappa shape index (κ1) is 11.1. The molecule has 0 bridgehead atoms. The van der Waals surface area contributed by atoms with Gasteiger partial charge in [0, 0.05) is 23.9 Å². The van der Waals surface area contributed by atoms with Crippen molar-refractivity contribution in [2.45, 2.75) is 46.0 Å². The van der Waals surface area contributed by atoms with Gasteiger partial charge < -0.3 is 4.74 Å². The minimum absolute atomic E-state index is 0.186. The third-order valence-corrected chi connectivity index (χ3v) is 4.19. The number of Topliss-reactive ketones (excluding diaryl/α,β-unsaturated/α-hetero) is 1. The lowest BCUT2D eigenvalue weighted by Gasteiger charge is -2.41. The predicted octanol–water partition coefficient (Wildman–Crippen LogP) is 2.81. The Kier molecular flexibility index (Phi) is 3.15. The van der Waals surface area contributed by atoms with Gasteiger partial charge in [-0.25, -0.2) is 0 Å². The molecule has 1 aliphatic carbocycles. The smallest absolute Gasteiger partial charge is 0.139 e. The van der Waals surface area contributed by atoms with Crippen molar-refractivity contribution >= 4 is 5.78 Å². The van der Waals surface area contributed by atoms with Crippen LogP contribution in [0.4, 0.5) is 0 Å². The van der Waals surface area contributed by atoms with Crippen molar-refractivity contribution in [1.29, 1.82) is 0 Å². The summed E-state index contributed by atoms with van der Waals surface area (Å²) in [5.74, 6) is 0.944. The molecule has 0 radical (unpaired) electrons. The monoisotopic (exact) mass is 210 g/mol. The predicted molar refractivity (Wildman–Crippen MR) is 59.7 cm³/mol. The Hall–Kier alpha value is -0.370. The van der Waals surface area contributed by atoms with Gasteiger partial charge >= 0.3 is 0 Å². The summed E-state index contributed by atoms with van der Waals surface area (Å²) in [6, 6.07) is 0. The van der Waals surface area contributed by atoms with E-state index >= 15 is 0 Å². The summed E-state index contributed by atoms with van der Waals surface area (Å²) in [5, 5.41) is 0. The third-order valence-electron chi connectivity index (χ3n) is 4.19. The number of carbonyl (C=O) groups is 1. The Morgan fingerprint density at radius 3 is 2.60 bits per heavy atom. The van der Waals surface area contributed by atoms with Crippen molar-refractivity contribution < 1.29 is 9.53 Å². The van der Waals surface area contributed by atoms with Crippen LogP contribution >= 0.6 is 0 Å². The molecule has 1 saturated carbocycles. The lowest BCUT2D eigenvalue weighted by Crippen LogP contribution is -2.43. The molecule has 1 atom stereocenters. The zero-order chi connectivity index (χ0) is 10.9. The SMILES string of the molecule is CC(C)C(=O)C1CCOCC12CCCC2. The lowest BCUT2D eigenvalue weighted by molar-refractivity contribution is -0.139. The molecule has 2 heteroatoms. The Labute approximate surface area is 92.4 Å². The molecule has 2 nitrogen and oxygen atoms in total. The van der Waals surface area contributed by atoms with Gasteiger partial charge in [0.05, 0.1) is 6.61 Å². The molecule has 1 spiro atoms. The van der Waals surface area contributed by atoms with Gasteiger partial charge in [0.1, 0.15) is 5.78 Å². The largest absolute Gasteiger partial charge is 0.381 e. The maximum atomic E-state index is 12.2. The van der Waals surface area contributed by atoms with Crippen LogP contribution in [0.5, 0.6) is 0 Å². The van der Waals surface area contributed by atoms with Crippen LogP contribution in [0.2, 0.25) is 0 Å². The van der Waals surface area contributed by atoms with E-state index in [9.17, 15) is 4.79 Å². The molecule has 0 aromatic carbocycles. The normalized spacial score (nSPS) is 29.9. The van der Waals surface area contributed by atoms with Gasteiger partial charge in [-0.05, 0) is 19.3 Å². The fraction of sp³-hybridized carbons (Fsp3) is 0.923. The summed E-state index contributed by atoms with van der Waals surface area (Å²) in [6.45, 7) is 5.67. The van der Waals surface area contributed by atoms with Gasteiger partial charge in [-0.1, -0.05) is 26.7 Å². The molecule has 1 unspecified atom stereocenters. The molecule has 86 valence electrons. The third kappa shape index (κ3) is 1.96. The molecule has 15 heavy (non-hydrogen) atoms. The minimum atomic E-state index is 0.186. The number of hydrogen-bond donors (Lipinski definition) is 0. The molecule has 2 rings (SSSR count). The highest BCUT2D eigenvalue weighted by Crippen LogP contribution is 2.48. The fourth-order valence-electron chi connectivity index (χ4n) is 3.30. The molecular weight excluding hydrogens is 188 g/mol. The molecule has 1 saturated heterocycles. The fourth-order valence-corrected chi connectivity index (χ4v) is 3.30. The summed E-state index contributed by atoms with van der Waals surface area (Å²) in [7, 11) is 0. The van der Waals surface area contributed by atoms with Crippen LogP contribution in [0, 0.1) is 17.3 Å². The van der Waals surface area contributed by atoms with Crippen molar-refractivity contribution in [1.82, 2.24) is 0 Å². The van der Waals surface area contributed by atoms with E-state index in [1.165, 1.54) is 25.7 Å². The first-order valence-corrected chi connectivity index (χ1v) is 6.27. The number of hydrogen-bond acceptors (Lipinski definition) is 2. The van der Waals surface area contributed by atoms with Crippen molar-refractivity contribution in [3.8, 4) is 0 Å². The summed E-state index contributed by atoms with van der Waals surface area (Å²) >= 11 is 0. The molecule has 1 aliphatic heterocycles. The van der Waals surface area contributed by atoms with Crippen LogP contribution in [0.1, 0.15) is 46.0 Å². The summed E-state index contributed by atoms with van der Waals surface area (Å²) in [4.78, 5) is 12.2. The minimum Gasteiger partial charge on any atom is -0.381 e. The van der Waals surface area contributed by atoms with Gasteiger partial charge in [-0.15, -0.1) is 0 Å². The van der Waals surface area contributed by atoms with E-state index < -0.39 is 0 Å². The number of ether oxygens (including phenoxy) is 1. The number of ketones is 1. The summed E-state index contributed by atoms with van der Waals surface area (Å²) in [6.07, 6.45) is 5.93. The Morgan fingerprint density at radius 2 is 2.00 bits per heavy atom. The molecule has 1 heterocycles. The van der Waals surface area contributed by atoms with Crippen LogP contribution in [0.15, 0.2) is 0 Å². The molecule has 0 amide bonds. The quantitative estimate of drug-likeness (QED) is 0.700. The second-order valence-corrected chi connectivity index (χ2v) is 5.52. The second kappa shape index (κ2) is 4.25.